The molecule has 2 aliphatic rings. The first-order chi connectivity index (χ1) is 9.04. The number of aldehydes is 1. The van der Waals surface area contributed by atoms with Crippen LogP contribution < -0.4 is 0 Å². The van der Waals surface area contributed by atoms with E-state index < -0.39 is 0 Å². The standard InChI is InChI=1S/C16H30N2O/c1-14(2)18-10-8-17(9-11-18)12-16(13-19)6-4-15(3)5-7-16/h13-15H,4-12H2,1-3H3. The predicted molar refractivity (Wildman–Crippen MR) is 79.3 cm³/mol. The molecule has 1 aliphatic heterocycles. The summed E-state index contributed by atoms with van der Waals surface area (Å²) < 4.78 is 0. The van der Waals surface area contributed by atoms with Gasteiger partial charge in [-0.05, 0) is 45.4 Å². The highest BCUT2D eigenvalue weighted by molar-refractivity contribution is 5.60. The topological polar surface area (TPSA) is 23.6 Å². The van der Waals surface area contributed by atoms with E-state index in [0.29, 0.717) is 6.04 Å². The van der Waals surface area contributed by atoms with Gasteiger partial charge >= 0.3 is 0 Å². The van der Waals surface area contributed by atoms with E-state index in [1.807, 2.05) is 0 Å². The molecule has 0 spiro atoms. The van der Waals surface area contributed by atoms with Gasteiger partial charge in [-0.3, -0.25) is 9.80 Å². The molecule has 3 nitrogen and oxygen atoms in total. The van der Waals surface area contributed by atoms with Crippen LogP contribution in [0, 0.1) is 11.3 Å². The second-order valence-electron chi connectivity index (χ2n) is 7.07. The third-order valence-corrected chi connectivity index (χ3v) is 5.20. The Labute approximate surface area is 118 Å². The molecule has 1 heterocycles. The molecule has 0 aromatic heterocycles. The van der Waals surface area contributed by atoms with Crippen LogP contribution in [0.4, 0.5) is 0 Å². The fourth-order valence-electron chi connectivity index (χ4n) is 3.53. The fraction of sp³-hybridized carbons (Fsp3) is 0.938. The van der Waals surface area contributed by atoms with Crippen LogP contribution in [0.15, 0.2) is 0 Å². The van der Waals surface area contributed by atoms with Crippen LogP contribution in [0.3, 0.4) is 0 Å². The third kappa shape index (κ3) is 3.79. The van der Waals surface area contributed by atoms with Gasteiger partial charge in [0.1, 0.15) is 6.29 Å². The van der Waals surface area contributed by atoms with Crippen molar-refractivity contribution in [2.75, 3.05) is 32.7 Å². The molecule has 2 fully saturated rings. The van der Waals surface area contributed by atoms with Crippen LogP contribution in [0.25, 0.3) is 0 Å². The van der Waals surface area contributed by atoms with Crippen molar-refractivity contribution in [1.29, 1.82) is 0 Å². The van der Waals surface area contributed by atoms with Crippen LogP contribution in [-0.2, 0) is 4.79 Å². The second-order valence-corrected chi connectivity index (χ2v) is 7.07. The molecule has 3 heteroatoms. The van der Waals surface area contributed by atoms with E-state index in [1.54, 1.807) is 0 Å². The molecule has 2 rings (SSSR count). The van der Waals surface area contributed by atoms with Gasteiger partial charge < -0.3 is 4.79 Å². The largest absolute Gasteiger partial charge is 0.303 e. The highest BCUT2D eigenvalue weighted by Gasteiger charge is 2.36. The average Bonchev–Trinajstić information content (AvgIpc) is 2.42. The zero-order valence-electron chi connectivity index (χ0n) is 12.9. The van der Waals surface area contributed by atoms with Crippen molar-refractivity contribution in [2.24, 2.45) is 11.3 Å². The van der Waals surface area contributed by atoms with E-state index in [9.17, 15) is 4.79 Å². The first-order valence-corrected chi connectivity index (χ1v) is 7.97. The summed E-state index contributed by atoms with van der Waals surface area (Å²) in [6, 6.07) is 0.651. The number of hydrogen-bond acceptors (Lipinski definition) is 3. The zero-order valence-corrected chi connectivity index (χ0v) is 12.9. The number of hydrogen-bond donors (Lipinski definition) is 0. The Balaban J connectivity index is 1.85. The van der Waals surface area contributed by atoms with Gasteiger partial charge in [0.25, 0.3) is 0 Å². The number of carbonyl (C=O) groups is 1. The summed E-state index contributed by atoms with van der Waals surface area (Å²) in [7, 11) is 0. The van der Waals surface area contributed by atoms with E-state index in [4.69, 9.17) is 0 Å². The van der Waals surface area contributed by atoms with E-state index >= 15 is 0 Å². The van der Waals surface area contributed by atoms with Gasteiger partial charge in [0.05, 0.1) is 0 Å². The Hall–Kier alpha value is -0.410. The maximum atomic E-state index is 11.6. The first-order valence-electron chi connectivity index (χ1n) is 7.97. The molecule has 0 aromatic carbocycles. The van der Waals surface area contributed by atoms with Crippen molar-refractivity contribution in [3.8, 4) is 0 Å². The van der Waals surface area contributed by atoms with Crippen LogP contribution in [0.5, 0.6) is 0 Å². The summed E-state index contributed by atoms with van der Waals surface area (Å²) >= 11 is 0. The van der Waals surface area contributed by atoms with E-state index in [1.165, 1.54) is 19.1 Å². The molecule has 1 saturated heterocycles. The van der Waals surface area contributed by atoms with Crippen molar-refractivity contribution in [3.63, 3.8) is 0 Å². The van der Waals surface area contributed by atoms with Crippen LogP contribution in [0.1, 0.15) is 46.5 Å². The monoisotopic (exact) mass is 266 g/mol. The lowest BCUT2D eigenvalue weighted by Gasteiger charge is -2.43. The Morgan fingerprint density at radius 2 is 1.74 bits per heavy atom. The maximum Gasteiger partial charge on any atom is 0.127 e. The number of rotatable bonds is 4. The molecule has 0 amide bonds. The summed E-state index contributed by atoms with van der Waals surface area (Å²) in [5.41, 5.74) is -0.0352. The molecule has 19 heavy (non-hydrogen) atoms. The Kier molecular flexibility index (Phi) is 5.02. The molecule has 1 saturated carbocycles. The van der Waals surface area contributed by atoms with Crippen molar-refractivity contribution in [2.45, 2.75) is 52.5 Å². The van der Waals surface area contributed by atoms with Gasteiger partial charge in [0.2, 0.25) is 0 Å². The smallest absolute Gasteiger partial charge is 0.127 e. The van der Waals surface area contributed by atoms with Crippen molar-refractivity contribution < 1.29 is 4.79 Å². The van der Waals surface area contributed by atoms with Gasteiger partial charge in [-0.2, -0.15) is 0 Å². The van der Waals surface area contributed by atoms with Crippen molar-refractivity contribution in [3.05, 3.63) is 0 Å². The minimum absolute atomic E-state index is 0.0352. The molecule has 0 aromatic rings. The molecular formula is C16H30N2O. The van der Waals surface area contributed by atoms with Gasteiger partial charge in [0, 0.05) is 44.2 Å². The average molecular weight is 266 g/mol. The SMILES string of the molecule is CC1CCC(C=O)(CN2CCN(C(C)C)CC2)CC1. The van der Waals surface area contributed by atoms with Crippen molar-refractivity contribution in [1.82, 2.24) is 9.80 Å². The summed E-state index contributed by atoms with van der Waals surface area (Å²) in [5, 5.41) is 0. The quantitative estimate of drug-likeness (QED) is 0.730. The predicted octanol–water partition coefficient (Wildman–Crippen LogP) is 2.41. The lowest BCUT2D eigenvalue weighted by Crippen LogP contribution is -2.52. The highest BCUT2D eigenvalue weighted by atomic mass is 16.1. The molecule has 1 aliphatic carbocycles. The fourth-order valence-corrected chi connectivity index (χ4v) is 3.53. The molecule has 110 valence electrons. The third-order valence-electron chi connectivity index (χ3n) is 5.20. The number of piperazine rings is 1. The minimum atomic E-state index is -0.0352. The van der Waals surface area contributed by atoms with E-state index in [2.05, 4.69) is 30.6 Å². The number of carbonyl (C=O) groups excluding carboxylic acids is 1. The summed E-state index contributed by atoms with van der Waals surface area (Å²) in [4.78, 5) is 16.6. The molecule has 0 atom stereocenters. The molecule has 0 radical (unpaired) electrons. The van der Waals surface area contributed by atoms with Gasteiger partial charge in [-0.15, -0.1) is 0 Å². The molecule has 0 bridgehead atoms. The molecule has 0 unspecified atom stereocenters. The summed E-state index contributed by atoms with van der Waals surface area (Å²) in [5.74, 6) is 0.811. The Bertz CT molecular complexity index is 287. The van der Waals surface area contributed by atoms with E-state index in [0.717, 1.165) is 51.5 Å². The molecule has 0 N–H and O–H groups in total. The Morgan fingerprint density at radius 1 is 1.16 bits per heavy atom. The van der Waals surface area contributed by atoms with Crippen LogP contribution >= 0.6 is 0 Å². The first kappa shape index (κ1) is 15.0. The maximum absolute atomic E-state index is 11.6. The van der Waals surface area contributed by atoms with Gasteiger partial charge in [-0.25, -0.2) is 0 Å². The second kappa shape index (κ2) is 6.36. The Morgan fingerprint density at radius 3 is 2.21 bits per heavy atom. The van der Waals surface area contributed by atoms with Crippen LogP contribution in [-0.4, -0.2) is 54.9 Å². The lowest BCUT2D eigenvalue weighted by atomic mass is 9.71. The van der Waals surface area contributed by atoms with Crippen LogP contribution in [0.2, 0.25) is 0 Å². The number of nitrogens with zero attached hydrogens (tertiary/aromatic N) is 2. The van der Waals surface area contributed by atoms with Crippen molar-refractivity contribution >= 4 is 6.29 Å². The van der Waals surface area contributed by atoms with Gasteiger partial charge in [0.15, 0.2) is 0 Å². The lowest BCUT2D eigenvalue weighted by molar-refractivity contribution is -0.120. The van der Waals surface area contributed by atoms with Gasteiger partial charge in [-0.1, -0.05) is 6.92 Å². The summed E-state index contributed by atoms with van der Waals surface area (Å²) in [6.45, 7) is 12.4. The molecular weight excluding hydrogens is 236 g/mol. The van der Waals surface area contributed by atoms with E-state index in [-0.39, 0.29) is 5.41 Å². The normalized spacial score (nSPS) is 34.6. The zero-order chi connectivity index (χ0) is 13.9. The summed E-state index contributed by atoms with van der Waals surface area (Å²) in [6.07, 6.45) is 5.92. The minimum Gasteiger partial charge on any atom is -0.303 e. The highest BCUT2D eigenvalue weighted by Crippen LogP contribution is 2.38.